The molecule has 104 valence electrons. The first kappa shape index (κ1) is 15.2. The third-order valence-electron chi connectivity index (χ3n) is 2.12. The molecule has 19 heavy (non-hydrogen) atoms. The number of hydrogen-bond donors (Lipinski definition) is 3. The van der Waals surface area contributed by atoms with Gasteiger partial charge < -0.3 is 5.32 Å². The summed E-state index contributed by atoms with van der Waals surface area (Å²) in [7, 11) is -2.38. The average Bonchev–Trinajstić information content (AvgIpc) is 2.26. The summed E-state index contributed by atoms with van der Waals surface area (Å²) >= 11 is 0. The SMILES string of the molecule is CNc1nnc2cc(C)cc(C)c2n1.NS(=O)(=O)O. The van der Waals surface area contributed by atoms with Crippen molar-refractivity contribution in [3.8, 4) is 0 Å². The van der Waals surface area contributed by atoms with Crippen LogP contribution in [0.4, 0.5) is 5.95 Å². The molecule has 0 amide bonds. The van der Waals surface area contributed by atoms with E-state index in [9.17, 15) is 0 Å². The van der Waals surface area contributed by atoms with Crippen molar-refractivity contribution in [1.29, 1.82) is 0 Å². The molecule has 0 radical (unpaired) electrons. The Morgan fingerprint density at radius 2 is 1.84 bits per heavy atom. The summed E-state index contributed by atoms with van der Waals surface area (Å²) in [6, 6.07) is 4.08. The van der Waals surface area contributed by atoms with E-state index in [1.165, 1.54) is 5.56 Å². The van der Waals surface area contributed by atoms with Gasteiger partial charge in [0.15, 0.2) is 0 Å². The fourth-order valence-corrected chi connectivity index (χ4v) is 1.49. The number of hydrogen-bond acceptors (Lipinski definition) is 6. The minimum Gasteiger partial charge on any atom is -0.356 e. The fraction of sp³-hybridized carbons (Fsp3) is 0.300. The van der Waals surface area contributed by atoms with Crippen LogP contribution in [0.2, 0.25) is 0 Å². The highest BCUT2D eigenvalue weighted by atomic mass is 32.2. The van der Waals surface area contributed by atoms with Crippen LogP contribution in [-0.2, 0) is 10.3 Å². The van der Waals surface area contributed by atoms with Gasteiger partial charge >= 0.3 is 10.3 Å². The second kappa shape index (κ2) is 5.87. The molecule has 9 heteroatoms. The average molecular weight is 285 g/mol. The highest BCUT2D eigenvalue weighted by Crippen LogP contribution is 2.16. The maximum absolute atomic E-state index is 8.97. The molecular weight excluding hydrogens is 270 g/mol. The van der Waals surface area contributed by atoms with Gasteiger partial charge in [0.05, 0.1) is 5.52 Å². The molecule has 1 aromatic carbocycles. The number of nitrogens with two attached hydrogens (primary N) is 1. The lowest BCUT2D eigenvalue weighted by atomic mass is 10.1. The minimum atomic E-state index is -4.17. The number of nitrogens with zero attached hydrogens (tertiary/aromatic N) is 3. The smallest absolute Gasteiger partial charge is 0.330 e. The lowest BCUT2D eigenvalue weighted by molar-refractivity contribution is 0.485. The number of aryl methyl sites for hydroxylation is 2. The van der Waals surface area contributed by atoms with E-state index in [0.29, 0.717) is 5.95 Å². The van der Waals surface area contributed by atoms with Crippen LogP contribution in [0.1, 0.15) is 11.1 Å². The van der Waals surface area contributed by atoms with Gasteiger partial charge in [-0.3, -0.25) is 4.55 Å². The maximum Gasteiger partial charge on any atom is 0.330 e. The Balaban J connectivity index is 0.000000312. The van der Waals surface area contributed by atoms with Gasteiger partial charge in [0, 0.05) is 7.05 Å². The van der Waals surface area contributed by atoms with Gasteiger partial charge in [-0.25, -0.2) is 10.1 Å². The van der Waals surface area contributed by atoms with Crippen LogP contribution >= 0.6 is 0 Å². The number of benzene rings is 1. The molecule has 0 saturated heterocycles. The van der Waals surface area contributed by atoms with Crippen molar-refractivity contribution in [2.75, 3.05) is 12.4 Å². The molecule has 1 aromatic heterocycles. The van der Waals surface area contributed by atoms with Gasteiger partial charge in [0.1, 0.15) is 5.52 Å². The van der Waals surface area contributed by atoms with E-state index in [1.807, 2.05) is 19.9 Å². The molecule has 0 fully saturated rings. The molecule has 4 N–H and O–H groups in total. The zero-order valence-corrected chi connectivity index (χ0v) is 11.6. The molecule has 0 unspecified atom stereocenters. The molecule has 2 aromatic rings. The van der Waals surface area contributed by atoms with E-state index in [0.717, 1.165) is 16.6 Å². The van der Waals surface area contributed by atoms with Crippen LogP contribution in [0.5, 0.6) is 0 Å². The van der Waals surface area contributed by atoms with Crippen molar-refractivity contribution >= 4 is 27.3 Å². The Kier molecular flexibility index (Phi) is 4.70. The first-order valence-electron chi connectivity index (χ1n) is 5.25. The van der Waals surface area contributed by atoms with Crippen LogP contribution in [-0.4, -0.2) is 35.2 Å². The van der Waals surface area contributed by atoms with Crippen LogP contribution in [0.25, 0.3) is 11.0 Å². The lowest BCUT2D eigenvalue weighted by Gasteiger charge is -2.03. The van der Waals surface area contributed by atoms with Crippen molar-refractivity contribution in [2.45, 2.75) is 13.8 Å². The van der Waals surface area contributed by atoms with Crippen molar-refractivity contribution in [3.63, 3.8) is 0 Å². The summed E-state index contributed by atoms with van der Waals surface area (Å²) < 4.78 is 25.2. The molecule has 2 rings (SSSR count). The van der Waals surface area contributed by atoms with Gasteiger partial charge in [0.2, 0.25) is 5.95 Å². The first-order chi connectivity index (χ1) is 8.70. The van der Waals surface area contributed by atoms with Gasteiger partial charge in [-0.15, -0.1) is 10.2 Å². The highest BCUT2D eigenvalue weighted by Gasteiger charge is 2.03. The standard InChI is InChI=1S/C10H12N4.H3NO3S/c1-6-4-7(2)9-8(5-6)13-14-10(11-3)12-9;1-5(2,3)4/h4-5H,1-3H3,(H,11,12,14);(H3,1,2,3,4). The lowest BCUT2D eigenvalue weighted by Crippen LogP contribution is -2.08. The Labute approximate surface area is 110 Å². The van der Waals surface area contributed by atoms with Crippen molar-refractivity contribution in [3.05, 3.63) is 23.3 Å². The summed E-state index contributed by atoms with van der Waals surface area (Å²) in [6.45, 7) is 4.07. The van der Waals surface area contributed by atoms with Crippen molar-refractivity contribution < 1.29 is 13.0 Å². The number of rotatable bonds is 1. The fourth-order valence-electron chi connectivity index (χ4n) is 1.49. The van der Waals surface area contributed by atoms with Crippen LogP contribution < -0.4 is 10.5 Å². The largest absolute Gasteiger partial charge is 0.356 e. The zero-order chi connectivity index (χ0) is 14.6. The van der Waals surface area contributed by atoms with Crippen LogP contribution in [0.3, 0.4) is 0 Å². The minimum absolute atomic E-state index is 0.560. The third kappa shape index (κ3) is 5.12. The second-order valence-electron chi connectivity index (χ2n) is 3.85. The Hall–Kier alpha value is -1.84. The van der Waals surface area contributed by atoms with E-state index in [4.69, 9.17) is 13.0 Å². The van der Waals surface area contributed by atoms with E-state index in [-0.39, 0.29) is 0 Å². The molecule has 0 saturated carbocycles. The number of anilines is 1. The summed E-state index contributed by atoms with van der Waals surface area (Å²) in [5, 5.41) is 14.8. The van der Waals surface area contributed by atoms with E-state index in [1.54, 1.807) is 7.05 Å². The summed E-state index contributed by atoms with van der Waals surface area (Å²) in [5.74, 6) is 0.560. The predicted molar refractivity (Wildman–Crippen MR) is 72.1 cm³/mol. The number of fused-ring (bicyclic) bond motifs is 1. The van der Waals surface area contributed by atoms with Crippen LogP contribution in [0.15, 0.2) is 12.1 Å². The Bertz CT molecular complexity index is 679. The van der Waals surface area contributed by atoms with E-state index >= 15 is 0 Å². The molecule has 0 atom stereocenters. The summed E-state index contributed by atoms with van der Waals surface area (Å²) in [5.41, 5.74) is 4.08. The van der Waals surface area contributed by atoms with Gasteiger partial charge in [-0.05, 0) is 31.0 Å². The number of nitrogens with one attached hydrogen (secondary N) is 1. The molecule has 8 nitrogen and oxygen atoms in total. The predicted octanol–water partition coefficient (Wildman–Crippen LogP) is 0.431. The monoisotopic (exact) mass is 285 g/mol. The Morgan fingerprint density at radius 3 is 2.37 bits per heavy atom. The van der Waals surface area contributed by atoms with Gasteiger partial charge in [0.25, 0.3) is 0 Å². The molecular formula is C10H15N5O3S. The topological polar surface area (TPSA) is 131 Å². The normalized spacial score (nSPS) is 10.8. The quantitative estimate of drug-likeness (QED) is 0.647. The summed E-state index contributed by atoms with van der Waals surface area (Å²) in [6.07, 6.45) is 0. The Morgan fingerprint density at radius 1 is 1.26 bits per heavy atom. The second-order valence-corrected chi connectivity index (χ2v) is 4.88. The molecule has 1 heterocycles. The van der Waals surface area contributed by atoms with E-state index in [2.05, 4.69) is 31.7 Å². The first-order valence-corrected chi connectivity index (χ1v) is 6.75. The maximum atomic E-state index is 8.97. The molecule has 0 bridgehead atoms. The zero-order valence-electron chi connectivity index (χ0n) is 10.7. The number of aromatic nitrogens is 3. The van der Waals surface area contributed by atoms with Crippen molar-refractivity contribution in [2.24, 2.45) is 5.14 Å². The molecule has 0 spiro atoms. The highest BCUT2D eigenvalue weighted by molar-refractivity contribution is 7.83. The van der Waals surface area contributed by atoms with Crippen LogP contribution in [0, 0.1) is 13.8 Å². The molecule has 0 aliphatic carbocycles. The summed E-state index contributed by atoms with van der Waals surface area (Å²) in [4.78, 5) is 4.35. The van der Waals surface area contributed by atoms with Gasteiger partial charge in [-0.1, -0.05) is 6.07 Å². The van der Waals surface area contributed by atoms with E-state index < -0.39 is 10.3 Å². The van der Waals surface area contributed by atoms with Crippen molar-refractivity contribution in [1.82, 2.24) is 15.2 Å². The van der Waals surface area contributed by atoms with Gasteiger partial charge in [-0.2, -0.15) is 8.42 Å². The molecule has 0 aliphatic heterocycles. The molecule has 0 aliphatic rings. The third-order valence-corrected chi connectivity index (χ3v) is 2.12.